The van der Waals surface area contributed by atoms with E-state index in [0.717, 1.165) is 21.0 Å². The lowest BCUT2D eigenvalue weighted by Crippen LogP contribution is -2.24. The molecule has 0 aliphatic heterocycles. The number of halogens is 1. The first-order valence-corrected chi connectivity index (χ1v) is 7.80. The highest BCUT2D eigenvalue weighted by atomic mass is 79.9. The molecule has 1 nitrogen and oxygen atoms in total. The molecule has 3 rings (SSSR count). The summed E-state index contributed by atoms with van der Waals surface area (Å²) in [5, 5.41) is 13.2. The van der Waals surface area contributed by atoms with Gasteiger partial charge in [0.2, 0.25) is 0 Å². The molecule has 0 bridgehead atoms. The fraction of sp³-hybridized carbons (Fsp3) is 0.158. The molecule has 0 aromatic heterocycles. The minimum atomic E-state index is -0.877. The topological polar surface area (TPSA) is 20.2 Å². The first kappa shape index (κ1) is 14.3. The molecule has 3 aromatic rings. The van der Waals surface area contributed by atoms with Crippen molar-refractivity contribution in [2.45, 2.75) is 18.9 Å². The highest BCUT2D eigenvalue weighted by Crippen LogP contribution is 2.28. The summed E-state index contributed by atoms with van der Waals surface area (Å²) >= 11 is 3.43. The van der Waals surface area contributed by atoms with Gasteiger partial charge in [0, 0.05) is 10.9 Å². The van der Waals surface area contributed by atoms with Gasteiger partial charge in [-0.3, -0.25) is 0 Å². The van der Waals surface area contributed by atoms with Gasteiger partial charge < -0.3 is 5.11 Å². The monoisotopic (exact) mass is 340 g/mol. The maximum absolute atomic E-state index is 10.9. The molecular formula is C19H17BrO. The van der Waals surface area contributed by atoms with Crippen LogP contribution in [-0.4, -0.2) is 5.11 Å². The molecule has 1 N–H and O–H groups in total. The van der Waals surface area contributed by atoms with Crippen LogP contribution in [0.5, 0.6) is 0 Å². The third kappa shape index (κ3) is 3.17. The minimum Gasteiger partial charge on any atom is -0.385 e. The fourth-order valence-corrected chi connectivity index (χ4v) is 2.89. The van der Waals surface area contributed by atoms with Crippen molar-refractivity contribution < 1.29 is 5.11 Å². The van der Waals surface area contributed by atoms with Crippen LogP contribution in [0.1, 0.15) is 18.1 Å². The van der Waals surface area contributed by atoms with Crippen molar-refractivity contribution in [2.24, 2.45) is 0 Å². The molecule has 0 spiro atoms. The Hall–Kier alpha value is -1.64. The lowest BCUT2D eigenvalue weighted by molar-refractivity contribution is 0.0577. The lowest BCUT2D eigenvalue weighted by Gasteiger charge is -2.24. The zero-order valence-corrected chi connectivity index (χ0v) is 13.5. The van der Waals surface area contributed by atoms with Crippen molar-refractivity contribution in [3.05, 3.63) is 82.3 Å². The van der Waals surface area contributed by atoms with Crippen LogP contribution < -0.4 is 0 Å². The van der Waals surface area contributed by atoms with Gasteiger partial charge in [-0.25, -0.2) is 0 Å². The zero-order chi connectivity index (χ0) is 14.9. The van der Waals surface area contributed by atoms with Gasteiger partial charge >= 0.3 is 0 Å². The molecule has 0 aliphatic carbocycles. The highest BCUT2D eigenvalue weighted by Gasteiger charge is 2.23. The van der Waals surface area contributed by atoms with Gasteiger partial charge in [0.25, 0.3) is 0 Å². The van der Waals surface area contributed by atoms with Crippen LogP contribution in [0.2, 0.25) is 0 Å². The molecule has 0 amide bonds. The van der Waals surface area contributed by atoms with Crippen LogP contribution in [0.25, 0.3) is 10.8 Å². The largest absolute Gasteiger partial charge is 0.385 e. The van der Waals surface area contributed by atoms with Gasteiger partial charge in [-0.05, 0) is 47.0 Å². The number of rotatable bonds is 3. The van der Waals surface area contributed by atoms with E-state index in [1.807, 2.05) is 49.4 Å². The number of benzene rings is 3. The summed E-state index contributed by atoms with van der Waals surface area (Å²) in [7, 11) is 0. The Balaban J connectivity index is 1.93. The lowest BCUT2D eigenvalue weighted by atomic mass is 9.88. The maximum Gasteiger partial charge on any atom is 0.0908 e. The second-order valence-corrected chi connectivity index (χ2v) is 6.55. The molecule has 1 atom stereocenters. The first-order valence-electron chi connectivity index (χ1n) is 7.01. The molecular weight excluding hydrogens is 324 g/mol. The van der Waals surface area contributed by atoms with Crippen LogP contribution in [0.15, 0.2) is 71.2 Å². The number of fused-ring (bicyclic) bond motifs is 1. The molecule has 0 fully saturated rings. The van der Waals surface area contributed by atoms with Crippen molar-refractivity contribution in [3.8, 4) is 0 Å². The van der Waals surface area contributed by atoms with Gasteiger partial charge in [0.1, 0.15) is 0 Å². The third-order valence-electron chi connectivity index (χ3n) is 3.83. The summed E-state index contributed by atoms with van der Waals surface area (Å²) < 4.78 is 1.05. The SMILES string of the molecule is CC(O)(Cc1ccc(Br)cc1)c1ccc2ccccc2c1. The highest BCUT2D eigenvalue weighted by molar-refractivity contribution is 9.10. The predicted molar refractivity (Wildman–Crippen MR) is 91.4 cm³/mol. The van der Waals surface area contributed by atoms with Crippen molar-refractivity contribution in [1.29, 1.82) is 0 Å². The summed E-state index contributed by atoms with van der Waals surface area (Å²) in [5.41, 5.74) is 1.19. The Bertz CT molecular complexity index is 760. The van der Waals surface area contributed by atoms with E-state index in [2.05, 4.69) is 40.2 Å². The van der Waals surface area contributed by atoms with Crippen LogP contribution in [0, 0.1) is 0 Å². The van der Waals surface area contributed by atoms with Crippen molar-refractivity contribution in [3.63, 3.8) is 0 Å². The van der Waals surface area contributed by atoms with Crippen molar-refractivity contribution in [2.75, 3.05) is 0 Å². The molecule has 1 unspecified atom stereocenters. The molecule has 0 radical (unpaired) electrons. The normalized spacial score (nSPS) is 14.0. The van der Waals surface area contributed by atoms with E-state index in [4.69, 9.17) is 0 Å². The molecule has 0 saturated carbocycles. The van der Waals surface area contributed by atoms with Gasteiger partial charge in [0.05, 0.1) is 5.60 Å². The smallest absolute Gasteiger partial charge is 0.0908 e. The van der Waals surface area contributed by atoms with Crippen LogP contribution in [0.3, 0.4) is 0 Å². The molecule has 0 saturated heterocycles. The molecule has 0 heterocycles. The predicted octanol–water partition coefficient (Wildman–Crippen LogP) is 5.05. The Labute approximate surface area is 133 Å². The number of aliphatic hydroxyl groups is 1. The zero-order valence-electron chi connectivity index (χ0n) is 11.9. The van der Waals surface area contributed by atoms with Crippen LogP contribution in [0.4, 0.5) is 0 Å². The number of hydrogen-bond acceptors (Lipinski definition) is 1. The minimum absolute atomic E-state index is 0.596. The Kier molecular flexibility index (Phi) is 3.83. The molecule has 0 aliphatic rings. The molecule has 21 heavy (non-hydrogen) atoms. The fourth-order valence-electron chi connectivity index (χ4n) is 2.63. The van der Waals surface area contributed by atoms with Gasteiger partial charge in [0.15, 0.2) is 0 Å². The van der Waals surface area contributed by atoms with Crippen LogP contribution >= 0.6 is 15.9 Å². The molecule has 3 aromatic carbocycles. The summed E-state index contributed by atoms with van der Waals surface area (Å²) in [4.78, 5) is 0. The van der Waals surface area contributed by atoms with E-state index in [-0.39, 0.29) is 0 Å². The second-order valence-electron chi connectivity index (χ2n) is 5.64. The Morgan fingerprint density at radius 1 is 0.905 bits per heavy atom. The van der Waals surface area contributed by atoms with E-state index in [1.165, 1.54) is 5.39 Å². The van der Waals surface area contributed by atoms with E-state index in [0.29, 0.717) is 6.42 Å². The van der Waals surface area contributed by atoms with E-state index >= 15 is 0 Å². The van der Waals surface area contributed by atoms with E-state index < -0.39 is 5.60 Å². The second kappa shape index (κ2) is 5.63. The van der Waals surface area contributed by atoms with E-state index in [9.17, 15) is 5.11 Å². The van der Waals surface area contributed by atoms with Crippen molar-refractivity contribution >= 4 is 26.7 Å². The quantitative estimate of drug-likeness (QED) is 0.707. The third-order valence-corrected chi connectivity index (χ3v) is 4.36. The Morgan fingerprint density at radius 3 is 2.29 bits per heavy atom. The Morgan fingerprint density at radius 2 is 1.57 bits per heavy atom. The summed E-state index contributed by atoms with van der Waals surface area (Å²) in [5.74, 6) is 0. The summed E-state index contributed by atoms with van der Waals surface area (Å²) in [6, 6.07) is 22.5. The van der Waals surface area contributed by atoms with Crippen molar-refractivity contribution in [1.82, 2.24) is 0 Å². The van der Waals surface area contributed by atoms with Gasteiger partial charge in [-0.1, -0.05) is 64.5 Å². The summed E-state index contributed by atoms with van der Waals surface area (Å²) in [6.07, 6.45) is 0.596. The van der Waals surface area contributed by atoms with Crippen LogP contribution in [-0.2, 0) is 12.0 Å². The summed E-state index contributed by atoms with van der Waals surface area (Å²) in [6.45, 7) is 1.87. The number of hydrogen-bond donors (Lipinski definition) is 1. The maximum atomic E-state index is 10.9. The molecule has 106 valence electrons. The van der Waals surface area contributed by atoms with E-state index in [1.54, 1.807) is 0 Å². The average Bonchev–Trinajstić information content (AvgIpc) is 2.49. The van der Waals surface area contributed by atoms with Gasteiger partial charge in [-0.15, -0.1) is 0 Å². The molecule has 2 heteroatoms. The first-order chi connectivity index (χ1) is 10.0. The average molecular weight is 341 g/mol. The van der Waals surface area contributed by atoms with Gasteiger partial charge in [-0.2, -0.15) is 0 Å². The standard InChI is InChI=1S/C19H17BrO/c1-19(21,13-14-6-10-18(20)11-7-14)17-9-8-15-4-2-3-5-16(15)12-17/h2-12,21H,13H2,1H3.